The molecule has 2 aromatic rings. The Balaban J connectivity index is 1.75. The summed E-state index contributed by atoms with van der Waals surface area (Å²) >= 11 is 0. The second-order valence-electron chi connectivity index (χ2n) is 6.12. The summed E-state index contributed by atoms with van der Waals surface area (Å²) in [5, 5.41) is 18.5. The maximum absolute atomic E-state index is 14.2. The number of hydrogen-bond donors (Lipinski definition) is 1. The van der Waals surface area contributed by atoms with Crippen molar-refractivity contribution in [1.82, 2.24) is 4.98 Å². The summed E-state index contributed by atoms with van der Waals surface area (Å²) in [6.45, 7) is 1.26. The molecule has 22 heavy (non-hydrogen) atoms. The van der Waals surface area contributed by atoms with Gasteiger partial charge < -0.3 is 10.0 Å². The smallest absolute Gasteiger partial charge is 0.166 e. The average molecular weight is 295 g/mol. The molecule has 1 fully saturated rings. The molecule has 0 unspecified atom stereocenters. The highest BCUT2D eigenvalue weighted by molar-refractivity contribution is 5.53. The van der Waals surface area contributed by atoms with Crippen LogP contribution in [0.15, 0.2) is 30.5 Å². The molecule has 4 nitrogen and oxygen atoms in total. The highest BCUT2D eigenvalue weighted by Gasteiger charge is 2.49. The number of phenols is 1. The second-order valence-corrected chi connectivity index (χ2v) is 6.12. The number of benzene rings is 1. The number of phenolic OH excluding ortho intramolecular Hbond substituents is 1. The third kappa shape index (κ3) is 1.92. The van der Waals surface area contributed by atoms with Crippen LogP contribution >= 0.6 is 0 Å². The lowest BCUT2D eigenvalue weighted by molar-refractivity contribution is 0.470. The van der Waals surface area contributed by atoms with Crippen LogP contribution in [0.3, 0.4) is 0 Å². The van der Waals surface area contributed by atoms with Crippen LogP contribution < -0.4 is 4.90 Å². The van der Waals surface area contributed by atoms with Gasteiger partial charge in [0.1, 0.15) is 11.8 Å². The molecule has 0 bridgehead atoms. The van der Waals surface area contributed by atoms with Crippen LogP contribution in [0.1, 0.15) is 29.5 Å². The molecule has 4 rings (SSSR count). The number of anilines is 1. The molecule has 1 spiro atoms. The Bertz CT molecular complexity index is 808. The van der Waals surface area contributed by atoms with Gasteiger partial charge in [-0.3, -0.25) is 0 Å². The van der Waals surface area contributed by atoms with Crippen molar-refractivity contribution in [3.63, 3.8) is 0 Å². The largest absolute Gasteiger partial charge is 0.508 e. The van der Waals surface area contributed by atoms with E-state index in [-0.39, 0.29) is 16.7 Å². The number of aromatic hydroxyl groups is 1. The topological polar surface area (TPSA) is 60.2 Å². The first kappa shape index (κ1) is 13.1. The Labute approximate surface area is 127 Å². The summed E-state index contributed by atoms with van der Waals surface area (Å²) in [7, 11) is 0. The van der Waals surface area contributed by atoms with E-state index in [1.165, 1.54) is 17.8 Å². The van der Waals surface area contributed by atoms with Gasteiger partial charge in [-0.2, -0.15) is 5.26 Å². The standard InChI is InChI=1S/C17H14FN3O/c18-15-5-11(7-19)8-20-16(15)21-9-12-1-2-13(22)6-14(12)17(10-21)3-4-17/h1-2,5-6,8,22H,3-4,9-10H2. The highest BCUT2D eigenvalue weighted by Crippen LogP contribution is 2.53. The van der Waals surface area contributed by atoms with E-state index in [0.717, 1.165) is 18.4 Å². The van der Waals surface area contributed by atoms with Gasteiger partial charge in [0.25, 0.3) is 0 Å². The Kier molecular flexibility index (Phi) is 2.64. The van der Waals surface area contributed by atoms with Crippen LogP contribution in [-0.2, 0) is 12.0 Å². The van der Waals surface area contributed by atoms with Gasteiger partial charge in [0.05, 0.1) is 5.56 Å². The molecular weight excluding hydrogens is 281 g/mol. The fraction of sp³-hybridized carbons (Fsp3) is 0.294. The molecule has 0 saturated heterocycles. The van der Waals surface area contributed by atoms with E-state index >= 15 is 0 Å². The Morgan fingerprint density at radius 2 is 2.14 bits per heavy atom. The third-order valence-corrected chi connectivity index (χ3v) is 4.62. The number of hydrogen-bond acceptors (Lipinski definition) is 4. The zero-order valence-corrected chi connectivity index (χ0v) is 11.9. The Hall–Kier alpha value is -2.61. The molecule has 2 heterocycles. The van der Waals surface area contributed by atoms with Crippen molar-refractivity contribution in [2.75, 3.05) is 11.4 Å². The molecule has 1 N–H and O–H groups in total. The van der Waals surface area contributed by atoms with Crippen molar-refractivity contribution in [3.05, 3.63) is 53.0 Å². The molecule has 1 aliphatic carbocycles. The first-order chi connectivity index (χ1) is 10.6. The van der Waals surface area contributed by atoms with Crippen molar-refractivity contribution in [2.24, 2.45) is 0 Å². The quantitative estimate of drug-likeness (QED) is 0.879. The zero-order valence-electron chi connectivity index (χ0n) is 11.9. The number of pyridine rings is 1. The van der Waals surface area contributed by atoms with Crippen LogP contribution in [0.5, 0.6) is 5.75 Å². The Morgan fingerprint density at radius 3 is 2.82 bits per heavy atom. The molecule has 0 atom stereocenters. The average Bonchev–Trinajstić information content (AvgIpc) is 3.28. The van der Waals surface area contributed by atoms with Crippen LogP contribution in [0, 0.1) is 17.1 Å². The van der Waals surface area contributed by atoms with E-state index in [9.17, 15) is 9.50 Å². The minimum Gasteiger partial charge on any atom is -0.508 e. The van der Waals surface area contributed by atoms with Gasteiger partial charge in [-0.05, 0) is 42.2 Å². The fourth-order valence-corrected chi connectivity index (χ4v) is 3.36. The van der Waals surface area contributed by atoms with Crippen molar-refractivity contribution < 1.29 is 9.50 Å². The molecular formula is C17H14FN3O. The molecule has 1 saturated carbocycles. The number of halogens is 1. The summed E-state index contributed by atoms with van der Waals surface area (Å²) < 4.78 is 14.2. The minimum absolute atomic E-state index is 0.00828. The predicted molar refractivity (Wildman–Crippen MR) is 79.0 cm³/mol. The zero-order chi connectivity index (χ0) is 15.3. The van der Waals surface area contributed by atoms with E-state index in [1.807, 2.05) is 23.1 Å². The lowest BCUT2D eigenvalue weighted by Gasteiger charge is -2.36. The van der Waals surface area contributed by atoms with E-state index in [0.29, 0.717) is 18.9 Å². The number of nitriles is 1. The molecule has 0 amide bonds. The fourth-order valence-electron chi connectivity index (χ4n) is 3.36. The van der Waals surface area contributed by atoms with Crippen molar-refractivity contribution in [2.45, 2.75) is 24.8 Å². The summed E-state index contributed by atoms with van der Waals surface area (Å²) in [5.74, 6) is 0.113. The maximum atomic E-state index is 14.2. The number of rotatable bonds is 1. The summed E-state index contributed by atoms with van der Waals surface area (Å²) in [6.07, 6.45) is 3.49. The summed E-state index contributed by atoms with van der Waals surface area (Å²) in [6, 6.07) is 8.53. The van der Waals surface area contributed by atoms with Crippen LogP contribution in [0.2, 0.25) is 0 Å². The molecule has 5 heteroatoms. The molecule has 0 radical (unpaired) electrons. The van der Waals surface area contributed by atoms with Gasteiger partial charge in [0.2, 0.25) is 0 Å². The van der Waals surface area contributed by atoms with Gasteiger partial charge in [-0.1, -0.05) is 6.07 Å². The normalized spacial score (nSPS) is 17.9. The van der Waals surface area contributed by atoms with E-state index in [2.05, 4.69) is 4.98 Å². The number of fused-ring (bicyclic) bond motifs is 2. The molecule has 1 aromatic heterocycles. The molecule has 1 aromatic carbocycles. The van der Waals surface area contributed by atoms with Gasteiger partial charge in [0, 0.05) is 24.7 Å². The minimum atomic E-state index is -0.461. The molecule has 110 valence electrons. The molecule has 1 aliphatic heterocycles. The van der Waals surface area contributed by atoms with Crippen LogP contribution in [0.4, 0.5) is 10.2 Å². The van der Waals surface area contributed by atoms with Gasteiger partial charge in [-0.15, -0.1) is 0 Å². The number of nitrogens with zero attached hydrogens (tertiary/aromatic N) is 3. The summed E-state index contributed by atoms with van der Waals surface area (Å²) in [5.41, 5.74) is 2.52. The predicted octanol–water partition coefficient (Wildman–Crippen LogP) is 2.85. The van der Waals surface area contributed by atoms with Crippen LogP contribution in [-0.4, -0.2) is 16.6 Å². The Morgan fingerprint density at radius 1 is 1.32 bits per heavy atom. The van der Waals surface area contributed by atoms with Gasteiger partial charge in [-0.25, -0.2) is 9.37 Å². The van der Waals surface area contributed by atoms with E-state index in [1.54, 1.807) is 6.07 Å². The first-order valence-corrected chi connectivity index (χ1v) is 7.24. The van der Waals surface area contributed by atoms with E-state index in [4.69, 9.17) is 5.26 Å². The monoisotopic (exact) mass is 295 g/mol. The lowest BCUT2D eigenvalue weighted by Crippen LogP contribution is -2.38. The lowest BCUT2D eigenvalue weighted by atomic mass is 9.86. The first-order valence-electron chi connectivity index (χ1n) is 7.24. The number of aromatic nitrogens is 1. The SMILES string of the molecule is N#Cc1cnc(N2Cc3ccc(O)cc3C3(CC3)C2)c(F)c1. The van der Waals surface area contributed by atoms with Crippen molar-refractivity contribution >= 4 is 5.82 Å². The van der Waals surface area contributed by atoms with Crippen LogP contribution in [0.25, 0.3) is 0 Å². The third-order valence-electron chi connectivity index (χ3n) is 4.62. The molecule has 2 aliphatic rings. The van der Waals surface area contributed by atoms with Gasteiger partial charge in [0.15, 0.2) is 11.6 Å². The van der Waals surface area contributed by atoms with Crippen molar-refractivity contribution in [1.29, 1.82) is 5.26 Å². The second kappa shape index (κ2) is 4.44. The van der Waals surface area contributed by atoms with Crippen molar-refractivity contribution in [3.8, 4) is 11.8 Å². The summed E-state index contributed by atoms with van der Waals surface area (Å²) in [4.78, 5) is 6.07. The highest BCUT2D eigenvalue weighted by atomic mass is 19.1. The van der Waals surface area contributed by atoms with Gasteiger partial charge >= 0.3 is 0 Å². The maximum Gasteiger partial charge on any atom is 0.166 e. The van der Waals surface area contributed by atoms with E-state index < -0.39 is 5.82 Å².